The fraction of sp³-hybridized carbons (Fsp3) is 1.00. The van der Waals surface area contributed by atoms with E-state index in [0.717, 1.165) is 12.8 Å². The van der Waals surface area contributed by atoms with E-state index < -0.39 is 20.8 Å². The van der Waals surface area contributed by atoms with Crippen molar-refractivity contribution >= 4 is 20.8 Å². The van der Waals surface area contributed by atoms with Crippen molar-refractivity contribution in [3.05, 3.63) is 0 Å². The molecule has 8 nitrogen and oxygen atoms in total. The average Bonchev–Trinajstić information content (AvgIpc) is 2.32. The fourth-order valence-corrected chi connectivity index (χ4v) is 2.08. The smallest absolute Gasteiger partial charge is 0.726 e. The Bertz CT molecular complexity index is 428. The third-order valence-electron chi connectivity index (χ3n) is 2.73. The van der Waals surface area contributed by atoms with Crippen molar-refractivity contribution in [3.63, 3.8) is 0 Å². The first-order chi connectivity index (χ1) is 10.1. The normalized spacial score (nSPS) is 11.3. The summed E-state index contributed by atoms with van der Waals surface area (Å²) in [5, 5.41) is 0. The van der Waals surface area contributed by atoms with Crippen LogP contribution in [0.15, 0.2) is 0 Å². The molecule has 0 spiro atoms. The Morgan fingerprint density at radius 1 is 0.783 bits per heavy atom. The van der Waals surface area contributed by atoms with Crippen molar-refractivity contribution in [1.82, 2.24) is 0 Å². The van der Waals surface area contributed by atoms with Crippen LogP contribution >= 0.6 is 0 Å². The Kier molecular flexibility index (Phi) is 21.8. The Morgan fingerprint density at radius 2 is 1.09 bits per heavy atom. The zero-order chi connectivity index (χ0) is 17.5. The van der Waals surface area contributed by atoms with Crippen LogP contribution in [0.3, 0.4) is 0 Å². The molecule has 0 fully saturated rings. The van der Waals surface area contributed by atoms with Crippen molar-refractivity contribution in [2.24, 2.45) is 0 Å². The molecule has 0 aromatic carbocycles. The number of unbranched alkanes of at least 4 members (excludes halogenated alkanes) is 9. The van der Waals surface area contributed by atoms with Crippen molar-refractivity contribution in [2.45, 2.75) is 71.1 Å². The van der Waals surface area contributed by atoms with Crippen LogP contribution in [-0.2, 0) is 25.0 Å². The first-order valence-corrected chi connectivity index (χ1v) is 10.1. The van der Waals surface area contributed by atoms with Crippen molar-refractivity contribution in [2.75, 3.05) is 6.61 Å². The molecule has 0 atom stereocenters. The number of rotatable bonds is 12. The predicted molar refractivity (Wildman–Crippen MR) is 81.7 cm³/mol. The van der Waals surface area contributed by atoms with Gasteiger partial charge in [-0.2, -0.15) is 8.42 Å². The molecule has 0 amide bonds. The van der Waals surface area contributed by atoms with Gasteiger partial charge in [-0.05, 0) is 6.42 Å². The maximum absolute atomic E-state index is 10.2. The molecule has 0 aliphatic carbocycles. The molecule has 0 saturated heterocycles. The van der Waals surface area contributed by atoms with E-state index in [2.05, 4.69) is 11.1 Å². The minimum absolute atomic E-state index is 0. The SMILES string of the molecule is CCCCCCCCCCCCOS(=O)(=O)O.O=S(=O)([O-])O.[Na+]. The summed E-state index contributed by atoms with van der Waals surface area (Å²) in [6.07, 6.45) is 11.9. The molecule has 136 valence electrons. The summed E-state index contributed by atoms with van der Waals surface area (Å²) in [5.74, 6) is 0. The van der Waals surface area contributed by atoms with Crippen LogP contribution in [0, 0.1) is 0 Å². The van der Waals surface area contributed by atoms with Crippen LogP contribution in [0.25, 0.3) is 0 Å². The summed E-state index contributed by atoms with van der Waals surface area (Å²) >= 11 is 0. The van der Waals surface area contributed by atoms with Gasteiger partial charge >= 0.3 is 40.0 Å². The van der Waals surface area contributed by atoms with Gasteiger partial charge in [-0.3, -0.25) is 9.11 Å². The minimum atomic E-state index is -4.92. The van der Waals surface area contributed by atoms with E-state index in [1.54, 1.807) is 0 Å². The summed E-state index contributed by atoms with van der Waals surface area (Å²) in [4.78, 5) is 0. The second-order valence-corrected chi connectivity index (χ2v) is 6.81. The molecule has 0 aromatic heterocycles. The summed E-state index contributed by atoms with van der Waals surface area (Å²) in [6, 6.07) is 0. The molecule has 0 aliphatic heterocycles. The number of hydrogen-bond donors (Lipinski definition) is 2. The van der Waals surface area contributed by atoms with Gasteiger partial charge in [0, 0.05) is 0 Å². The molecule has 0 unspecified atom stereocenters. The van der Waals surface area contributed by atoms with Crippen molar-refractivity contribution < 1.29 is 64.2 Å². The summed E-state index contributed by atoms with van der Waals surface area (Å²) in [7, 11) is -9.15. The van der Waals surface area contributed by atoms with E-state index in [1.165, 1.54) is 44.9 Å². The molecule has 0 rings (SSSR count). The molecule has 0 aliphatic rings. The van der Waals surface area contributed by atoms with Crippen LogP contribution < -0.4 is 29.6 Å². The monoisotopic (exact) mass is 386 g/mol. The van der Waals surface area contributed by atoms with E-state index in [9.17, 15) is 8.42 Å². The van der Waals surface area contributed by atoms with Gasteiger partial charge in [0.05, 0.1) is 6.61 Å². The fourth-order valence-electron chi connectivity index (χ4n) is 1.75. The van der Waals surface area contributed by atoms with Crippen molar-refractivity contribution in [1.29, 1.82) is 0 Å². The second-order valence-electron chi connectivity index (χ2n) is 4.86. The third-order valence-corrected chi connectivity index (χ3v) is 3.19. The van der Waals surface area contributed by atoms with Crippen LogP contribution in [-0.4, -0.2) is 37.1 Å². The minimum Gasteiger partial charge on any atom is -0.726 e. The van der Waals surface area contributed by atoms with Gasteiger partial charge < -0.3 is 4.55 Å². The van der Waals surface area contributed by atoms with Gasteiger partial charge in [0.25, 0.3) is 0 Å². The molecule has 23 heavy (non-hydrogen) atoms. The second kappa shape index (κ2) is 17.6. The van der Waals surface area contributed by atoms with E-state index in [-0.39, 0.29) is 36.2 Å². The quantitative estimate of drug-likeness (QED) is 0.202. The van der Waals surface area contributed by atoms with Crippen LogP contribution in [0.4, 0.5) is 0 Å². The molecule has 0 bridgehead atoms. The molecule has 0 aromatic rings. The predicted octanol–water partition coefficient (Wildman–Crippen LogP) is -0.265. The summed E-state index contributed by atoms with van der Waals surface area (Å²) in [5.41, 5.74) is 0. The molecule has 11 heteroatoms. The molecule has 0 saturated carbocycles. The van der Waals surface area contributed by atoms with Crippen molar-refractivity contribution in [3.8, 4) is 0 Å². The Balaban J connectivity index is -0.000000578. The third kappa shape index (κ3) is 45.0. The van der Waals surface area contributed by atoms with Crippen LogP contribution in [0.2, 0.25) is 0 Å². The standard InChI is InChI=1S/C12H26O4S.Na.H2O4S/c1-2-3-4-5-6-7-8-9-10-11-12-16-17(13,14)15;;1-5(2,3)4/h2-12H2,1H3,(H,13,14,15);;(H2,1,2,3,4)/q;+1;/p-1. The van der Waals surface area contributed by atoms with E-state index in [0.29, 0.717) is 6.42 Å². The zero-order valence-electron chi connectivity index (χ0n) is 13.9. The summed E-state index contributed by atoms with van der Waals surface area (Å²) < 4.78 is 65.8. The maximum Gasteiger partial charge on any atom is 1.00 e. The molecule has 2 N–H and O–H groups in total. The zero-order valence-corrected chi connectivity index (χ0v) is 17.6. The molecular weight excluding hydrogens is 359 g/mol. The topological polar surface area (TPSA) is 141 Å². The molecule has 0 radical (unpaired) electrons. The van der Waals surface area contributed by atoms with E-state index in [1.807, 2.05) is 0 Å². The first kappa shape index (κ1) is 28.5. The van der Waals surface area contributed by atoms with Gasteiger partial charge in [0.15, 0.2) is 0 Å². The van der Waals surface area contributed by atoms with Gasteiger partial charge in [0.1, 0.15) is 0 Å². The van der Waals surface area contributed by atoms with E-state index >= 15 is 0 Å². The maximum atomic E-state index is 10.2. The Labute approximate surface area is 162 Å². The van der Waals surface area contributed by atoms with Gasteiger partial charge in [-0.25, -0.2) is 12.6 Å². The average molecular weight is 386 g/mol. The Morgan fingerprint density at radius 3 is 1.39 bits per heavy atom. The summed E-state index contributed by atoms with van der Waals surface area (Å²) in [6.45, 7) is 2.31. The first-order valence-electron chi connectivity index (χ1n) is 7.36. The van der Waals surface area contributed by atoms with E-state index in [4.69, 9.17) is 22.1 Å². The van der Waals surface area contributed by atoms with Gasteiger partial charge in [-0.15, -0.1) is 0 Å². The molecule has 0 heterocycles. The largest absolute Gasteiger partial charge is 1.00 e. The van der Waals surface area contributed by atoms with Crippen LogP contribution in [0.1, 0.15) is 71.1 Å². The number of hydrogen-bond acceptors (Lipinski definition) is 6. The van der Waals surface area contributed by atoms with Gasteiger partial charge in [-0.1, -0.05) is 64.7 Å². The van der Waals surface area contributed by atoms with Crippen LogP contribution in [0.5, 0.6) is 0 Å². The van der Waals surface area contributed by atoms with Gasteiger partial charge in [0.2, 0.25) is 10.4 Å². The Hall–Kier alpha value is 0.740. The molecular formula is C12H27NaO8S2.